The number of halogens is 2. The number of hydrogen-bond acceptors (Lipinski definition) is 4. The summed E-state index contributed by atoms with van der Waals surface area (Å²) in [6, 6.07) is 8.59. The monoisotopic (exact) mass is 472 g/mol. The first-order valence-electron chi connectivity index (χ1n) is 10.6. The predicted octanol–water partition coefficient (Wildman–Crippen LogP) is 6.75. The minimum atomic E-state index is -0.535. The summed E-state index contributed by atoms with van der Waals surface area (Å²) in [4.78, 5) is 29.2. The van der Waals surface area contributed by atoms with E-state index >= 15 is 0 Å². The molecule has 32 heavy (non-hydrogen) atoms. The average molecular weight is 473 g/mol. The summed E-state index contributed by atoms with van der Waals surface area (Å²) in [5.41, 5.74) is 4.59. The number of benzene rings is 2. The topological polar surface area (TPSA) is 40.6 Å². The second kappa shape index (κ2) is 8.23. The van der Waals surface area contributed by atoms with Crippen LogP contribution < -0.4 is 4.90 Å². The van der Waals surface area contributed by atoms with E-state index in [1.807, 2.05) is 6.92 Å². The van der Waals surface area contributed by atoms with Crippen molar-refractivity contribution >= 4 is 46.3 Å². The first-order valence-corrected chi connectivity index (χ1v) is 11.8. The highest BCUT2D eigenvalue weighted by atomic mass is 35.5. The summed E-state index contributed by atoms with van der Waals surface area (Å²) in [5, 5.41) is -0.231. The largest absolute Gasteiger partial charge is 0.369 e. The van der Waals surface area contributed by atoms with Gasteiger partial charge in [0.15, 0.2) is 0 Å². The van der Waals surface area contributed by atoms with Crippen molar-refractivity contribution < 1.29 is 14.0 Å². The number of carbonyl (C=O) groups excluding carboxylic acids is 2. The van der Waals surface area contributed by atoms with Crippen LogP contribution in [0.25, 0.3) is 6.08 Å². The van der Waals surface area contributed by atoms with E-state index < -0.39 is 17.0 Å². The van der Waals surface area contributed by atoms with Crippen LogP contribution in [0.4, 0.5) is 14.9 Å². The van der Waals surface area contributed by atoms with Crippen LogP contribution in [0.2, 0.25) is 5.02 Å². The van der Waals surface area contributed by atoms with E-state index in [4.69, 9.17) is 11.6 Å². The van der Waals surface area contributed by atoms with E-state index in [1.54, 1.807) is 12.1 Å². The average Bonchev–Trinajstić information content (AvgIpc) is 2.97. The molecule has 1 saturated heterocycles. The summed E-state index contributed by atoms with van der Waals surface area (Å²) in [7, 11) is 2.11. The number of anilines is 1. The van der Waals surface area contributed by atoms with Gasteiger partial charge in [-0.1, -0.05) is 24.6 Å². The molecule has 4 rings (SSSR count). The molecule has 2 aliphatic rings. The number of carbonyl (C=O) groups is 2. The zero-order valence-electron chi connectivity index (χ0n) is 18.8. The Labute approximate surface area is 197 Å². The van der Waals surface area contributed by atoms with E-state index in [0.29, 0.717) is 10.8 Å². The number of aryl methyl sites for hydroxylation is 1. The highest BCUT2D eigenvalue weighted by Crippen LogP contribution is 2.44. The van der Waals surface area contributed by atoms with Crippen molar-refractivity contribution in [2.75, 3.05) is 11.9 Å². The molecule has 2 amide bonds. The van der Waals surface area contributed by atoms with Gasteiger partial charge >= 0.3 is 0 Å². The number of thioether (sulfide) groups is 1. The molecular formula is C25H26ClFN2O2S. The number of hydrogen-bond donors (Lipinski definition) is 0. The van der Waals surface area contributed by atoms with Crippen LogP contribution in [0.1, 0.15) is 55.4 Å². The highest BCUT2D eigenvalue weighted by Gasteiger charge is 2.37. The van der Waals surface area contributed by atoms with Crippen LogP contribution in [-0.2, 0) is 11.3 Å². The minimum Gasteiger partial charge on any atom is -0.369 e. The van der Waals surface area contributed by atoms with Gasteiger partial charge in [0.1, 0.15) is 5.82 Å². The molecule has 1 fully saturated rings. The van der Waals surface area contributed by atoms with Gasteiger partial charge in [-0.05, 0) is 91.9 Å². The van der Waals surface area contributed by atoms with Crippen molar-refractivity contribution in [2.45, 2.75) is 52.1 Å². The molecule has 0 aliphatic carbocycles. The van der Waals surface area contributed by atoms with E-state index in [2.05, 4.69) is 44.9 Å². The van der Waals surface area contributed by atoms with Gasteiger partial charge < -0.3 is 4.90 Å². The second-order valence-electron chi connectivity index (χ2n) is 9.21. The van der Waals surface area contributed by atoms with Crippen molar-refractivity contribution in [3.8, 4) is 0 Å². The van der Waals surface area contributed by atoms with Crippen LogP contribution in [-0.4, -0.2) is 28.6 Å². The molecule has 1 unspecified atom stereocenters. The fraction of sp³-hybridized carbons (Fsp3) is 0.360. The Morgan fingerprint density at radius 2 is 2.00 bits per heavy atom. The minimum absolute atomic E-state index is 0.0665. The van der Waals surface area contributed by atoms with Crippen molar-refractivity contribution in [1.82, 2.24) is 4.90 Å². The van der Waals surface area contributed by atoms with E-state index in [9.17, 15) is 14.0 Å². The Hall–Kier alpha value is -2.31. The molecule has 2 aromatic carbocycles. The third-order valence-electron chi connectivity index (χ3n) is 6.56. The molecule has 0 aromatic heterocycles. The standard InChI is InChI=1S/C25H26ClFN2O2S/c1-14-9-21-17(15(2)12-25(3,4)28(21)5)10-16(14)11-22-23(30)29(24(31)32-22)13-18-19(26)7-6-8-20(18)27/h6-11,15H,12-13H2,1-5H3/b22-11+. The quantitative estimate of drug-likeness (QED) is 0.463. The van der Waals surface area contributed by atoms with Gasteiger partial charge in [-0.25, -0.2) is 4.39 Å². The van der Waals surface area contributed by atoms with Gasteiger partial charge in [-0.3, -0.25) is 14.5 Å². The maximum Gasteiger partial charge on any atom is 0.293 e. The van der Waals surface area contributed by atoms with E-state index in [0.717, 1.165) is 34.2 Å². The first-order chi connectivity index (χ1) is 15.0. The molecule has 0 spiro atoms. The van der Waals surface area contributed by atoms with E-state index in [-0.39, 0.29) is 22.7 Å². The molecule has 0 saturated carbocycles. The highest BCUT2D eigenvalue weighted by molar-refractivity contribution is 8.18. The lowest BCUT2D eigenvalue weighted by Gasteiger charge is -2.45. The van der Waals surface area contributed by atoms with Gasteiger partial charge in [-0.15, -0.1) is 0 Å². The summed E-state index contributed by atoms with van der Waals surface area (Å²) >= 11 is 6.97. The SMILES string of the molecule is Cc1cc2c(cc1/C=C1/SC(=O)N(Cc3c(F)cccc3Cl)C1=O)C(C)CC(C)(C)N2C. The molecule has 2 heterocycles. The molecule has 7 heteroatoms. The molecule has 1 atom stereocenters. The van der Waals surface area contributed by atoms with Gasteiger partial charge in [0.05, 0.1) is 11.4 Å². The molecule has 168 valence electrons. The molecular weight excluding hydrogens is 447 g/mol. The second-order valence-corrected chi connectivity index (χ2v) is 10.6. The predicted molar refractivity (Wildman–Crippen MR) is 130 cm³/mol. The van der Waals surface area contributed by atoms with Crippen molar-refractivity contribution in [3.63, 3.8) is 0 Å². The molecule has 0 bridgehead atoms. The van der Waals surface area contributed by atoms with Crippen molar-refractivity contribution in [1.29, 1.82) is 0 Å². The van der Waals surface area contributed by atoms with Crippen LogP contribution in [0.3, 0.4) is 0 Å². The number of nitrogens with zero attached hydrogens (tertiary/aromatic N) is 2. The summed E-state index contributed by atoms with van der Waals surface area (Å²) < 4.78 is 14.2. The summed E-state index contributed by atoms with van der Waals surface area (Å²) in [6.07, 6.45) is 2.80. The molecule has 2 aliphatic heterocycles. The molecule has 2 aromatic rings. The lowest BCUT2D eigenvalue weighted by atomic mass is 9.79. The lowest BCUT2D eigenvalue weighted by Crippen LogP contribution is -2.45. The van der Waals surface area contributed by atoms with Crippen LogP contribution in [0.15, 0.2) is 35.2 Å². The molecule has 0 N–H and O–H groups in total. The maximum absolute atomic E-state index is 14.2. The Bertz CT molecular complexity index is 1140. The maximum atomic E-state index is 14.2. The van der Waals surface area contributed by atoms with Gasteiger partial charge in [0.25, 0.3) is 11.1 Å². The number of amides is 2. The van der Waals surface area contributed by atoms with Gasteiger partial charge in [0, 0.05) is 28.9 Å². The fourth-order valence-corrected chi connectivity index (χ4v) is 5.56. The zero-order valence-corrected chi connectivity index (χ0v) is 20.4. The van der Waals surface area contributed by atoms with Crippen LogP contribution >= 0.6 is 23.4 Å². The normalized spacial score (nSPS) is 21.5. The van der Waals surface area contributed by atoms with E-state index in [1.165, 1.54) is 23.4 Å². The number of rotatable bonds is 3. The fourth-order valence-electron chi connectivity index (χ4n) is 4.51. The third-order valence-corrected chi connectivity index (χ3v) is 7.82. The zero-order chi connectivity index (χ0) is 23.4. The summed E-state index contributed by atoms with van der Waals surface area (Å²) in [5.74, 6) is -0.586. The molecule has 4 nitrogen and oxygen atoms in total. The Morgan fingerprint density at radius 3 is 2.69 bits per heavy atom. The smallest absolute Gasteiger partial charge is 0.293 e. The van der Waals surface area contributed by atoms with Crippen LogP contribution in [0.5, 0.6) is 0 Å². The Balaban J connectivity index is 1.66. The van der Waals surface area contributed by atoms with Gasteiger partial charge in [0.2, 0.25) is 0 Å². The van der Waals surface area contributed by atoms with Gasteiger partial charge in [-0.2, -0.15) is 0 Å². The third kappa shape index (κ3) is 3.95. The van der Waals surface area contributed by atoms with Crippen LogP contribution in [0, 0.1) is 12.7 Å². The summed E-state index contributed by atoms with van der Waals surface area (Å²) in [6.45, 7) is 8.53. The Kier molecular flexibility index (Phi) is 5.88. The lowest BCUT2D eigenvalue weighted by molar-refractivity contribution is -0.123. The van der Waals surface area contributed by atoms with Crippen molar-refractivity contribution in [3.05, 3.63) is 68.3 Å². The first kappa shape index (κ1) is 22.9. The molecule has 0 radical (unpaired) electrons. The number of imide groups is 1. The number of fused-ring (bicyclic) bond motifs is 1. The van der Waals surface area contributed by atoms with Crippen molar-refractivity contribution in [2.24, 2.45) is 0 Å². The Morgan fingerprint density at radius 1 is 1.28 bits per heavy atom.